The largest absolute Gasteiger partial charge is 0.341 e. The van der Waals surface area contributed by atoms with Gasteiger partial charge in [-0.3, -0.25) is 5.32 Å². The van der Waals surface area contributed by atoms with E-state index in [4.69, 9.17) is 0 Å². The number of carbonyl (C=O) groups is 1. The molecule has 1 aromatic heterocycles. The van der Waals surface area contributed by atoms with Crippen LogP contribution in [-0.4, -0.2) is 28.1 Å². The number of hydrogen-bond acceptors (Lipinski definition) is 3. The summed E-state index contributed by atoms with van der Waals surface area (Å²) in [5.41, 5.74) is 0.840. The number of aromatic nitrogens is 3. The van der Waals surface area contributed by atoms with Gasteiger partial charge >= 0.3 is 6.03 Å². The van der Waals surface area contributed by atoms with Crippen LogP contribution in [0.4, 0.5) is 10.6 Å². The van der Waals surface area contributed by atoms with Crippen molar-refractivity contribution < 1.29 is 4.79 Å². The predicted octanol–water partition coefficient (Wildman–Crippen LogP) is 1.02. The molecule has 6 nitrogen and oxygen atoms in total. The monoisotopic (exact) mass is 217 g/mol. The Balaban J connectivity index is 2.17. The van der Waals surface area contributed by atoms with Crippen LogP contribution in [0.5, 0.6) is 0 Å². The molecule has 1 aromatic carbocycles. The molecule has 0 bridgehead atoms. The Kier molecular flexibility index (Phi) is 2.81. The van der Waals surface area contributed by atoms with Gasteiger partial charge in [0.1, 0.15) is 0 Å². The second-order valence-electron chi connectivity index (χ2n) is 3.06. The zero-order valence-corrected chi connectivity index (χ0v) is 8.71. The minimum absolute atomic E-state index is 0.319. The summed E-state index contributed by atoms with van der Waals surface area (Å²) in [6, 6.07) is 9.14. The highest BCUT2D eigenvalue weighted by molar-refractivity contribution is 5.87. The van der Waals surface area contributed by atoms with Crippen molar-refractivity contribution in [1.82, 2.24) is 20.3 Å². The molecular formula is C10H11N5O. The molecule has 0 aliphatic carbocycles. The molecule has 2 aromatic rings. The van der Waals surface area contributed by atoms with Gasteiger partial charge in [0.2, 0.25) is 0 Å². The lowest BCUT2D eigenvalue weighted by Crippen LogP contribution is -2.24. The maximum atomic E-state index is 11.0. The van der Waals surface area contributed by atoms with E-state index in [0.29, 0.717) is 5.82 Å². The number of amides is 2. The molecule has 0 unspecified atom stereocenters. The number of urea groups is 1. The molecule has 2 amide bonds. The third kappa shape index (κ3) is 2.17. The first-order chi connectivity index (χ1) is 7.79. The molecule has 0 spiro atoms. The summed E-state index contributed by atoms with van der Waals surface area (Å²) in [6.45, 7) is 0. The van der Waals surface area contributed by atoms with Crippen LogP contribution in [0.15, 0.2) is 36.5 Å². The van der Waals surface area contributed by atoms with Gasteiger partial charge in [-0.05, 0) is 12.1 Å². The van der Waals surface area contributed by atoms with Crippen LogP contribution in [-0.2, 0) is 0 Å². The first-order valence-electron chi connectivity index (χ1n) is 4.76. The number of nitrogens with zero attached hydrogens (tertiary/aromatic N) is 3. The quantitative estimate of drug-likeness (QED) is 0.788. The summed E-state index contributed by atoms with van der Waals surface area (Å²) in [5, 5.41) is 13.1. The van der Waals surface area contributed by atoms with E-state index in [1.807, 2.05) is 30.3 Å². The fraction of sp³-hybridized carbons (Fsp3) is 0.100. The molecule has 1 heterocycles. The Morgan fingerprint density at radius 3 is 2.75 bits per heavy atom. The average Bonchev–Trinajstić information content (AvgIpc) is 2.78. The standard InChI is InChI=1S/C10H11N5O/c1-11-10(16)13-9-7-12-15(14-9)8-5-3-2-4-6-8/h2-7H,1H3,(H2,11,13,14,16). The van der Waals surface area contributed by atoms with Crippen LogP contribution in [0.2, 0.25) is 0 Å². The number of nitrogens with one attached hydrogen (secondary N) is 2. The average molecular weight is 217 g/mol. The summed E-state index contributed by atoms with van der Waals surface area (Å²) in [4.78, 5) is 12.5. The Labute approximate surface area is 92.3 Å². The highest BCUT2D eigenvalue weighted by Crippen LogP contribution is 2.06. The van der Waals surface area contributed by atoms with Crippen LogP contribution in [0.25, 0.3) is 5.69 Å². The van der Waals surface area contributed by atoms with Crippen molar-refractivity contribution >= 4 is 11.8 Å². The van der Waals surface area contributed by atoms with E-state index in [2.05, 4.69) is 20.8 Å². The lowest BCUT2D eigenvalue weighted by Gasteiger charge is -1.99. The highest BCUT2D eigenvalue weighted by Gasteiger charge is 2.04. The van der Waals surface area contributed by atoms with Crippen molar-refractivity contribution in [2.75, 3.05) is 12.4 Å². The topological polar surface area (TPSA) is 71.8 Å². The Bertz CT molecular complexity index is 479. The van der Waals surface area contributed by atoms with Crippen molar-refractivity contribution in [3.8, 4) is 5.69 Å². The van der Waals surface area contributed by atoms with Crippen LogP contribution in [0.3, 0.4) is 0 Å². The zero-order chi connectivity index (χ0) is 11.4. The summed E-state index contributed by atoms with van der Waals surface area (Å²) >= 11 is 0. The van der Waals surface area contributed by atoms with E-state index >= 15 is 0 Å². The van der Waals surface area contributed by atoms with E-state index in [9.17, 15) is 4.79 Å². The number of anilines is 1. The molecule has 0 atom stereocenters. The smallest absolute Gasteiger partial charge is 0.320 e. The van der Waals surface area contributed by atoms with E-state index in [1.165, 1.54) is 18.0 Å². The molecule has 0 saturated heterocycles. The normalized spacial score (nSPS) is 9.81. The minimum atomic E-state index is -0.319. The molecule has 2 rings (SSSR count). The zero-order valence-electron chi connectivity index (χ0n) is 8.71. The van der Waals surface area contributed by atoms with Crippen molar-refractivity contribution in [1.29, 1.82) is 0 Å². The van der Waals surface area contributed by atoms with Gasteiger partial charge in [0.05, 0.1) is 11.9 Å². The molecule has 0 fully saturated rings. The molecule has 0 saturated carbocycles. The Morgan fingerprint density at radius 1 is 1.31 bits per heavy atom. The van der Waals surface area contributed by atoms with Crippen LogP contribution in [0.1, 0.15) is 0 Å². The lowest BCUT2D eigenvalue weighted by atomic mass is 10.3. The summed E-state index contributed by atoms with van der Waals surface area (Å²) in [7, 11) is 1.54. The van der Waals surface area contributed by atoms with Crippen LogP contribution < -0.4 is 10.6 Å². The molecule has 0 radical (unpaired) electrons. The van der Waals surface area contributed by atoms with E-state index in [-0.39, 0.29) is 6.03 Å². The second kappa shape index (κ2) is 4.43. The SMILES string of the molecule is CNC(=O)Nc1cnn(-c2ccccc2)n1. The van der Waals surface area contributed by atoms with Gasteiger partial charge in [0.25, 0.3) is 0 Å². The van der Waals surface area contributed by atoms with Crippen molar-refractivity contribution in [3.63, 3.8) is 0 Å². The second-order valence-corrected chi connectivity index (χ2v) is 3.06. The molecule has 2 N–H and O–H groups in total. The summed E-state index contributed by atoms with van der Waals surface area (Å²) in [6.07, 6.45) is 1.49. The van der Waals surface area contributed by atoms with E-state index in [1.54, 1.807) is 0 Å². The maximum Gasteiger partial charge on any atom is 0.320 e. The first-order valence-corrected chi connectivity index (χ1v) is 4.76. The number of benzene rings is 1. The molecule has 0 aliphatic rings. The minimum Gasteiger partial charge on any atom is -0.341 e. The number of rotatable bonds is 2. The van der Waals surface area contributed by atoms with Gasteiger partial charge in [0, 0.05) is 7.05 Å². The molecule has 16 heavy (non-hydrogen) atoms. The van der Waals surface area contributed by atoms with Gasteiger partial charge in [-0.25, -0.2) is 4.79 Å². The predicted molar refractivity (Wildman–Crippen MR) is 59.4 cm³/mol. The Morgan fingerprint density at radius 2 is 2.06 bits per heavy atom. The fourth-order valence-electron chi connectivity index (χ4n) is 1.18. The van der Waals surface area contributed by atoms with Crippen LogP contribution in [0, 0.1) is 0 Å². The van der Waals surface area contributed by atoms with Gasteiger partial charge in [-0.2, -0.15) is 5.10 Å². The third-order valence-corrected chi connectivity index (χ3v) is 1.95. The fourth-order valence-corrected chi connectivity index (χ4v) is 1.18. The maximum absolute atomic E-state index is 11.0. The number of hydrogen-bond donors (Lipinski definition) is 2. The lowest BCUT2D eigenvalue weighted by molar-refractivity contribution is 0.254. The first kappa shape index (κ1) is 10.2. The molecular weight excluding hydrogens is 206 g/mol. The summed E-state index contributed by atoms with van der Waals surface area (Å²) in [5.74, 6) is 0.406. The number of para-hydroxylation sites is 1. The summed E-state index contributed by atoms with van der Waals surface area (Å²) < 4.78 is 0. The molecule has 6 heteroatoms. The van der Waals surface area contributed by atoms with Crippen LogP contribution >= 0.6 is 0 Å². The van der Waals surface area contributed by atoms with Crippen molar-refractivity contribution in [2.24, 2.45) is 0 Å². The highest BCUT2D eigenvalue weighted by atomic mass is 16.2. The van der Waals surface area contributed by atoms with Gasteiger partial charge < -0.3 is 5.32 Å². The number of carbonyl (C=O) groups excluding carboxylic acids is 1. The van der Waals surface area contributed by atoms with Gasteiger partial charge in [-0.15, -0.1) is 9.90 Å². The van der Waals surface area contributed by atoms with Crippen molar-refractivity contribution in [2.45, 2.75) is 0 Å². The van der Waals surface area contributed by atoms with Gasteiger partial charge in [-0.1, -0.05) is 18.2 Å². The van der Waals surface area contributed by atoms with Crippen molar-refractivity contribution in [3.05, 3.63) is 36.5 Å². The molecule has 0 aliphatic heterocycles. The Hall–Kier alpha value is -2.37. The van der Waals surface area contributed by atoms with Gasteiger partial charge in [0.15, 0.2) is 5.82 Å². The van der Waals surface area contributed by atoms with E-state index in [0.717, 1.165) is 5.69 Å². The van der Waals surface area contributed by atoms with E-state index < -0.39 is 0 Å². The third-order valence-electron chi connectivity index (χ3n) is 1.95. The molecule has 82 valence electrons.